The average Bonchev–Trinajstić information content (AvgIpc) is 2.60. The van der Waals surface area contributed by atoms with E-state index < -0.39 is 10.3 Å². The topological polar surface area (TPSA) is 63.4 Å². The SMILES string of the molecule is CC1(C)CN(Cc2ccccc2)CC(=Cc2ccc([N+](=O)[O-])cc2)C1=O. The van der Waals surface area contributed by atoms with Crippen molar-refractivity contribution in [2.24, 2.45) is 5.41 Å². The Morgan fingerprint density at radius 3 is 2.38 bits per heavy atom. The number of nitrogens with zero attached hydrogens (tertiary/aromatic N) is 2. The lowest BCUT2D eigenvalue weighted by atomic mass is 9.79. The quantitative estimate of drug-likeness (QED) is 0.473. The number of nitro benzene ring substituents is 1. The Hall–Kier alpha value is -2.79. The Morgan fingerprint density at radius 2 is 1.77 bits per heavy atom. The summed E-state index contributed by atoms with van der Waals surface area (Å²) in [5.41, 5.74) is 2.35. The number of benzene rings is 2. The fourth-order valence-electron chi connectivity index (χ4n) is 3.39. The first-order chi connectivity index (χ1) is 12.3. The number of piperidine rings is 1. The summed E-state index contributed by atoms with van der Waals surface area (Å²) in [4.78, 5) is 25.5. The van der Waals surface area contributed by atoms with Crippen molar-refractivity contribution in [2.45, 2.75) is 20.4 Å². The summed E-state index contributed by atoms with van der Waals surface area (Å²) < 4.78 is 0. The number of Topliss-reactive ketones (excluding diaryl/α,β-unsaturated/α-hetero) is 1. The van der Waals surface area contributed by atoms with Gasteiger partial charge in [0.2, 0.25) is 0 Å². The number of carbonyl (C=O) groups excluding carboxylic acids is 1. The Morgan fingerprint density at radius 1 is 1.12 bits per heavy atom. The van der Waals surface area contributed by atoms with Crippen LogP contribution in [0.5, 0.6) is 0 Å². The second-order valence-corrected chi connectivity index (χ2v) is 7.36. The predicted molar refractivity (Wildman–Crippen MR) is 102 cm³/mol. The van der Waals surface area contributed by atoms with Gasteiger partial charge in [-0.3, -0.25) is 19.8 Å². The van der Waals surface area contributed by atoms with Crippen molar-refractivity contribution >= 4 is 17.5 Å². The molecule has 0 radical (unpaired) electrons. The summed E-state index contributed by atoms with van der Waals surface area (Å²) in [6, 6.07) is 16.5. The van der Waals surface area contributed by atoms with Gasteiger partial charge in [-0.15, -0.1) is 0 Å². The van der Waals surface area contributed by atoms with Gasteiger partial charge in [0, 0.05) is 42.8 Å². The molecule has 1 aliphatic rings. The van der Waals surface area contributed by atoms with Crippen molar-refractivity contribution in [2.75, 3.05) is 13.1 Å². The van der Waals surface area contributed by atoms with Gasteiger partial charge >= 0.3 is 0 Å². The van der Waals surface area contributed by atoms with Crippen molar-refractivity contribution in [1.29, 1.82) is 0 Å². The number of hydrogen-bond acceptors (Lipinski definition) is 4. The van der Waals surface area contributed by atoms with Crippen LogP contribution in [-0.2, 0) is 11.3 Å². The molecule has 0 aromatic heterocycles. The summed E-state index contributed by atoms with van der Waals surface area (Å²) >= 11 is 0. The normalized spacial score (nSPS) is 18.8. The van der Waals surface area contributed by atoms with E-state index in [1.54, 1.807) is 12.1 Å². The summed E-state index contributed by atoms with van der Waals surface area (Å²) in [6.45, 7) is 6.01. The molecule has 0 atom stereocenters. The molecule has 0 amide bonds. The van der Waals surface area contributed by atoms with Crippen LogP contribution in [0.3, 0.4) is 0 Å². The maximum atomic E-state index is 12.8. The molecule has 3 rings (SSSR count). The zero-order chi connectivity index (χ0) is 18.7. The Bertz CT molecular complexity index is 839. The van der Waals surface area contributed by atoms with Crippen molar-refractivity contribution < 1.29 is 9.72 Å². The summed E-state index contributed by atoms with van der Waals surface area (Å²) in [5, 5.41) is 10.8. The van der Waals surface area contributed by atoms with Gasteiger partial charge in [-0.05, 0) is 29.3 Å². The average molecular weight is 350 g/mol. The molecular weight excluding hydrogens is 328 g/mol. The van der Waals surface area contributed by atoms with Gasteiger partial charge in [0.15, 0.2) is 5.78 Å². The Labute approximate surface area is 153 Å². The third kappa shape index (κ3) is 4.06. The summed E-state index contributed by atoms with van der Waals surface area (Å²) in [7, 11) is 0. The van der Waals surface area contributed by atoms with Crippen LogP contribution in [0, 0.1) is 15.5 Å². The Balaban J connectivity index is 1.84. The molecule has 5 nitrogen and oxygen atoms in total. The van der Waals surface area contributed by atoms with E-state index in [-0.39, 0.29) is 11.5 Å². The van der Waals surface area contributed by atoms with Gasteiger partial charge in [-0.1, -0.05) is 44.2 Å². The van der Waals surface area contributed by atoms with Crippen molar-refractivity contribution in [3.63, 3.8) is 0 Å². The number of ketones is 1. The van der Waals surface area contributed by atoms with E-state index in [1.165, 1.54) is 17.7 Å². The Kier molecular flexibility index (Phi) is 5.00. The largest absolute Gasteiger partial charge is 0.294 e. The van der Waals surface area contributed by atoms with E-state index in [4.69, 9.17) is 0 Å². The zero-order valence-corrected chi connectivity index (χ0v) is 15.0. The highest BCUT2D eigenvalue weighted by atomic mass is 16.6. The molecule has 5 heteroatoms. The van der Waals surface area contributed by atoms with Crippen LogP contribution >= 0.6 is 0 Å². The first-order valence-electron chi connectivity index (χ1n) is 8.61. The van der Waals surface area contributed by atoms with Gasteiger partial charge in [-0.2, -0.15) is 0 Å². The standard InChI is InChI=1S/C21H22N2O3/c1-21(2)15-22(13-17-6-4-3-5-7-17)14-18(20(21)24)12-16-8-10-19(11-9-16)23(25)26/h3-12H,13-15H2,1-2H3. The molecule has 1 saturated heterocycles. The minimum absolute atomic E-state index is 0.0492. The molecule has 1 fully saturated rings. The lowest BCUT2D eigenvalue weighted by Gasteiger charge is -2.38. The number of nitro groups is 1. The number of carbonyl (C=O) groups is 1. The van der Waals surface area contributed by atoms with E-state index in [0.29, 0.717) is 13.1 Å². The van der Waals surface area contributed by atoms with E-state index in [9.17, 15) is 14.9 Å². The van der Waals surface area contributed by atoms with Gasteiger partial charge in [0.25, 0.3) is 5.69 Å². The fraction of sp³-hybridized carbons (Fsp3) is 0.286. The first-order valence-corrected chi connectivity index (χ1v) is 8.61. The molecule has 2 aromatic carbocycles. The molecule has 0 bridgehead atoms. The molecule has 0 saturated carbocycles. The van der Waals surface area contributed by atoms with Crippen molar-refractivity contribution in [3.8, 4) is 0 Å². The second-order valence-electron chi connectivity index (χ2n) is 7.36. The molecule has 134 valence electrons. The van der Waals surface area contributed by atoms with E-state index in [1.807, 2.05) is 38.1 Å². The second kappa shape index (κ2) is 7.22. The molecule has 0 spiro atoms. The first kappa shape index (κ1) is 18.0. The number of likely N-dealkylation sites (tertiary alicyclic amines) is 1. The molecule has 0 N–H and O–H groups in total. The van der Waals surface area contributed by atoms with Crippen LogP contribution in [0.4, 0.5) is 5.69 Å². The number of rotatable bonds is 4. The van der Waals surface area contributed by atoms with Crippen LogP contribution in [0.2, 0.25) is 0 Å². The smallest absolute Gasteiger partial charge is 0.269 e. The van der Waals surface area contributed by atoms with Crippen LogP contribution in [0.15, 0.2) is 60.2 Å². The minimum Gasteiger partial charge on any atom is -0.294 e. The third-order valence-corrected chi connectivity index (χ3v) is 4.61. The zero-order valence-electron chi connectivity index (χ0n) is 15.0. The fourth-order valence-corrected chi connectivity index (χ4v) is 3.39. The van der Waals surface area contributed by atoms with Crippen molar-refractivity contribution in [1.82, 2.24) is 4.90 Å². The molecule has 1 heterocycles. The highest BCUT2D eigenvalue weighted by Crippen LogP contribution is 2.30. The molecule has 2 aromatic rings. The number of hydrogen-bond donors (Lipinski definition) is 0. The van der Waals surface area contributed by atoms with Gasteiger partial charge in [-0.25, -0.2) is 0 Å². The van der Waals surface area contributed by atoms with Gasteiger partial charge in [0.05, 0.1) is 4.92 Å². The van der Waals surface area contributed by atoms with Crippen LogP contribution in [-0.4, -0.2) is 28.7 Å². The summed E-state index contributed by atoms with van der Waals surface area (Å²) in [5.74, 6) is 0.139. The van der Waals surface area contributed by atoms with E-state index >= 15 is 0 Å². The predicted octanol–water partition coefficient (Wildman–Crippen LogP) is 4.09. The number of non-ortho nitro benzene ring substituents is 1. The van der Waals surface area contributed by atoms with Gasteiger partial charge in [0.1, 0.15) is 0 Å². The maximum Gasteiger partial charge on any atom is 0.269 e. The lowest BCUT2D eigenvalue weighted by molar-refractivity contribution is -0.384. The third-order valence-electron chi connectivity index (χ3n) is 4.61. The highest BCUT2D eigenvalue weighted by molar-refractivity contribution is 6.04. The minimum atomic E-state index is -0.459. The monoisotopic (exact) mass is 350 g/mol. The maximum absolute atomic E-state index is 12.8. The highest BCUT2D eigenvalue weighted by Gasteiger charge is 2.37. The van der Waals surface area contributed by atoms with Crippen molar-refractivity contribution in [3.05, 3.63) is 81.4 Å². The molecule has 26 heavy (non-hydrogen) atoms. The van der Waals surface area contributed by atoms with Crippen LogP contribution in [0.25, 0.3) is 6.08 Å². The molecular formula is C21H22N2O3. The summed E-state index contributed by atoms with van der Waals surface area (Å²) in [6.07, 6.45) is 1.85. The van der Waals surface area contributed by atoms with E-state index in [0.717, 1.165) is 17.7 Å². The lowest BCUT2D eigenvalue weighted by Crippen LogP contribution is -2.47. The van der Waals surface area contributed by atoms with E-state index in [2.05, 4.69) is 17.0 Å². The van der Waals surface area contributed by atoms with Gasteiger partial charge < -0.3 is 0 Å². The van der Waals surface area contributed by atoms with Crippen LogP contribution < -0.4 is 0 Å². The molecule has 1 aliphatic heterocycles. The van der Waals surface area contributed by atoms with Crippen LogP contribution in [0.1, 0.15) is 25.0 Å². The molecule has 0 aliphatic carbocycles. The molecule has 0 unspecified atom stereocenters.